The van der Waals surface area contributed by atoms with Gasteiger partial charge in [-0.05, 0) is 56.2 Å². The number of carbonyl (C=O) groups excluding carboxylic acids is 1. The minimum atomic E-state index is -0.124. The second-order valence-corrected chi connectivity index (χ2v) is 6.92. The molecule has 0 bridgehead atoms. The van der Waals surface area contributed by atoms with Gasteiger partial charge in [0.05, 0.1) is 12.6 Å². The minimum Gasteiger partial charge on any atom is -0.493 e. The van der Waals surface area contributed by atoms with Crippen LogP contribution in [0, 0.1) is 6.92 Å². The van der Waals surface area contributed by atoms with E-state index < -0.39 is 0 Å². The smallest absolute Gasteiger partial charge is 0.251 e. The molecule has 0 aliphatic heterocycles. The Morgan fingerprint density at radius 1 is 0.931 bits per heavy atom. The third-order valence-electron chi connectivity index (χ3n) is 4.75. The Hall–Kier alpha value is -3.27. The van der Waals surface area contributed by atoms with E-state index in [4.69, 9.17) is 9.47 Å². The molecule has 0 aromatic heterocycles. The van der Waals surface area contributed by atoms with Gasteiger partial charge in [0.15, 0.2) is 0 Å². The van der Waals surface area contributed by atoms with Crippen molar-refractivity contribution in [3.05, 3.63) is 95.1 Å². The van der Waals surface area contributed by atoms with E-state index in [1.165, 1.54) is 0 Å². The lowest BCUT2D eigenvalue weighted by atomic mass is 10.1. The molecule has 4 nitrogen and oxygen atoms in total. The SMILES string of the molecule is CCOc1ccc(C(=O)NC(C)c2ccccc2)cc1COc1ccccc1C. The highest BCUT2D eigenvalue weighted by Crippen LogP contribution is 2.24. The van der Waals surface area contributed by atoms with Crippen molar-refractivity contribution in [2.45, 2.75) is 33.4 Å². The highest BCUT2D eigenvalue weighted by atomic mass is 16.5. The van der Waals surface area contributed by atoms with Gasteiger partial charge in [0.2, 0.25) is 0 Å². The number of benzene rings is 3. The molecule has 1 amide bonds. The highest BCUT2D eigenvalue weighted by molar-refractivity contribution is 5.94. The summed E-state index contributed by atoms with van der Waals surface area (Å²) < 4.78 is 11.7. The molecule has 1 N–H and O–H groups in total. The number of hydrogen-bond donors (Lipinski definition) is 1. The fourth-order valence-electron chi connectivity index (χ4n) is 3.11. The molecule has 1 unspecified atom stereocenters. The molecular weight excluding hydrogens is 362 g/mol. The molecule has 3 rings (SSSR count). The van der Waals surface area contributed by atoms with E-state index in [-0.39, 0.29) is 11.9 Å². The normalized spacial score (nSPS) is 11.6. The number of rotatable bonds is 8. The van der Waals surface area contributed by atoms with Crippen LogP contribution in [-0.4, -0.2) is 12.5 Å². The summed E-state index contributed by atoms with van der Waals surface area (Å²) in [5.41, 5.74) is 3.56. The number of carbonyl (C=O) groups is 1. The van der Waals surface area contributed by atoms with Crippen LogP contribution in [0.15, 0.2) is 72.8 Å². The standard InChI is InChI=1S/C25H27NO3/c1-4-28-24-15-14-21(25(27)26-19(3)20-11-6-5-7-12-20)16-22(24)17-29-23-13-9-8-10-18(23)2/h5-16,19H,4,17H2,1-3H3,(H,26,27). The Bertz CT molecular complexity index is 953. The van der Waals surface area contributed by atoms with Crippen LogP contribution in [0.25, 0.3) is 0 Å². The van der Waals surface area contributed by atoms with E-state index in [9.17, 15) is 4.79 Å². The van der Waals surface area contributed by atoms with Gasteiger partial charge >= 0.3 is 0 Å². The molecule has 3 aromatic rings. The summed E-state index contributed by atoms with van der Waals surface area (Å²) >= 11 is 0. The molecule has 150 valence electrons. The maximum atomic E-state index is 12.8. The summed E-state index contributed by atoms with van der Waals surface area (Å²) in [4.78, 5) is 12.8. The Labute approximate surface area is 172 Å². The highest BCUT2D eigenvalue weighted by Gasteiger charge is 2.14. The molecule has 0 saturated carbocycles. The predicted octanol–water partition coefficient (Wildman–Crippen LogP) is 5.46. The minimum absolute atomic E-state index is 0.0815. The van der Waals surface area contributed by atoms with Crippen molar-refractivity contribution in [2.24, 2.45) is 0 Å². The summed E-state index contributed by atoms with van der Waals surface area (Å²) in [6.45, 7) is 6.80. The van der Waals surface area contributed by atoms with Gasteiger partial charge in [-0.1, -0.05) is 48.5 Å². The zero-order chi connectivity index (χ0) is 20.6. The number of amides is 1. The molecule has 0 aliphatic rings. The van der Waals surface area contributed by atoms with Crippen molar-refractivity contribution >= 4 is 5.91 Å². The van der Waals surface area contributed by atoms with Crippen LogP contribution < -0.4 is 14.8 Å². The van der Waals surface area contributed by atoms with Crippen LogP contribution in [0.1, 0.15) is 46.9 Å². The summed E-state index contributed by atoms with van der Waals surface area (Å²) in [7, 11) is 0. The van der Waals surface area contributed by atoms with Gasteiger partial charge in [0, 0.05) is 11.1 Å². The topological polar surface area (TPSA) is 47.6 Å². The van der Waals surface area contributed by atoms with Gasteiger partial charge in [-0.3, -0.25) is 4.79 Å². The van der Waals surface area contributed by atoms with Crippen molar-refractivity contribution in [1.29, 1.82) is 0 Å². The summed E-state index contributed by atoms with van der Waals surface area (Å²) in [6, 6.07) is 23.2. The average molecular weight is 389 g/mol. The van der Waals surface area contributed by atoms with Crippen molar-refractivity contribution in [2.75, 3.05) is 6.61 Å². The van der Waals surface area contributed by atoms with Gasteiger partial charge in [0.1, 0.15) is 18.1 Å². The fourth-order valence-corrected chi connectivity index (χ4v) is 3.11. The first-order valence-electron chi connectivity index (χ1n) is 9.88. The molecule has 1 atom stereocenters. The Morgan fingerprint density at radius 2 is 1.66 bits per heavy atom. The molecule has 0 radical (unpaired) electrons. The molecule has 29 heavy (non-hydrogen) atoms. The maximum Gasteiger partial charge on any atom is 0.251 e. The molecule has 0 fully saturated rings. The van der Waals surface area contributed by atoms with Crippen LogP contribution in [0.2, 0.25) is 0 Å². The fraction of sp³-hybridized carbons (Fsp3) is 0.240. The lowest BCUT2D eigenvalue weighted by Crippen LogP contribution is -2.26. The van der Waals surface area contributed by atoms with Crippen LogP contribution >= 0.6 is 0 Å². The number of aryl methyl sites for hydroxylation is 1. The number of hydrogen-bond acceptors (Lipinski definition) is 3. The first-order chi connectivity index (χ1) is 14.1. The van der Waals surface area contributed by atoms with Gasteiger partial charge < -0.3 is 14.8 Å². The summed E-state index contributed by atoms with van der Waals surface area (Å²) in [6.07, 6.45) is 0. The first kappa shape index (κ1) is 20.5. The molecule has 4 heteroatoms. The molecule has 0 heterocycles. The largest absolute Gasteiger partial charge is 0.493 e. The molecule has 3 aromatic carbocycles. The predicted molar refractivity (Wildman–Crippen MR) is 115 cm³/mol. The number of para-hydroxylation sites is 1. The van der Waals surface area contributed by atoms with E-state index in [1.54, 1.807) is 6.07 Å². The van der Waals surface area contributed by atoms with E-state index in [1.807, 2.05) is 87.5 Å². The van der Waals surface area contributed by atoms with E-state index in [0.717, 1.165) is 28.2 Å². The first-order valence-corrected chi connectivity index (χ1v) is 9.88. The van der Waals surface area contributed by atoms with E-state index >= 15 is 0 Å². The van der Waals surface area contributed by atoms with Crippen molar-refractivity contribution in [3.63, 3.8) is 0 Å². The second-order valence-electron chi connectivity index (χ2n) is 6.92. The monoisotopic (exact) mass is 389 g/mol. The lowest BCUT2D eigenvalue weighted by Gasteiger charge is -2.16. The Balaban J connectivity index is 1.76. The quantitative estimate of drug-likeness (QED) is 0.556. The average Bonchev–Trinajstić information content (AvgIpc) is 2.74. The summed E-state index contributed by atoms with van der Waals surface area (Å²) in [5.74, 6) is 1.43. The zero-order valence-electron chi connectivity index (χ0n) is 17.1. The third kappa shape index (κ3) is 5.38. The number of nitrogens with one attached hydrogen (secondary N) is 1. The van der Waals surface area contributed by atoms with Gasteiger partial charge in [-0.25, -0.2) is 0 Å². The van der Waals surface area contributed by atoms with Crippen LogP contribution in [-0.2, 0) is 6.61 Å². The summed E-state index contributed by atoms with van der Waals surface area (Å²) in [5, 5.41) is 3.05. The Kier molecular flexibility index (Phi) is 6.90. The molecular formula is C25H27NO3. The van der Waals surface area contributed by atoms with Gasteiger partial charge in [-0.15, -0.1) is 0 Å². The van der Waals surface area contributed by atoms with E-state index in [2.05, 4.69) is 5.32 Å². The third-order valence-corrected chi connectivity index (χ3v) is 4.75. The molecule has 0 aliphatic carbocycles. The van der Waals surface area contributed by atoms with Crippen molar-refractivity contribution in [3.8, 4) is 11.5 Å². The van der Waals surface area contributed by atoms with Gasteiger partial charge in [0.25, 0.3) is 5.91 Å². The van der Waals surface area contributed by atoms with Crippen LogP contribution in [0.3, 0.4) is 0 Å². The Morgan fingerprint density at radius 3 is 2.38 bits per heavy atom. The molecule has 0 saturated heterocycles. The molecule has 0 spiro atoms. The van der Waals surface area contributed by atoms with Gasteiger partial charge in [-0.2, -0.15) is 0 Å². The van der Waals surface area contributed by atoms with Crippen molar-refractivity contribution in [1.82, 2.24) is 5.32 Å². The zero-order valence-corrected chi connectivity index (χ0v) is 17.1. The second kappa shape index (κ2) is 9.78. The van der Waals surface area contributed by atoms with E-state index in [0.29, 0.717) is 18.8 Å². The van der Waals surface area contributed by atoms with Crippen molar-refractivity contribution < 1.29 is 14.3 Å². The van der Waals surface area contributed by atoms with Crippen LogP contribution in [0.4, 0.5) is 0 Å². The number of ether oxygens (including phenoxy) is 2. The lowest BCUT2D eigenvalue weighted by molar-refractivity contribution is 0.0939. The van der Waals surface area contributed by atoms with Crippen LogP contribution in [0.5, 0.6) is 11.5 Å². The maximum absolute atomic E-state index is 12.8.